The van der Waals surface area contributed by atoms with E-state index < -0.39 is 5.76 Å². The number of aromatic nitrogens is 2. The highest BCUT2D eigenvalue weighted by Crippen LogP contribution is 2.21. The van der Waals surface area contributed by atoms with Gasteiger partial charge in [0.05, 0.1) is 17.8 Å². The molecule has 0 saturated heterocycles. The molecule has 6 heteroatoms. The number of para-hydroxylation sites is 2. The highest BCUT2D eigenvalue weighted by atomic mass is 16.4. The van der Waals surface area contributed by atoms with Crippen molar-refractivity contribution in [2.24, 2.45) is 0 Å². The highest BCUT2D eigenvalue weighted by Gasteiger charge is 2.25. The van der Waals surface area contributed by atoms with E-state index in [9.17, 15) is 9.59 Å². The molecule has 0 N–H and O–H groups in total. The fourth-order valence-corrected chi connectivity index (χ4v) is 2.78. The van der Waals surface area contributed by atoms with E-state index in [0.717, 1.165) is 11.3 Å². The molecule has 3 heterocycles. The van der Waals surface area contributed by atoms with Crippen LogP contribution in [-0.4, -0.2) is 20.4 Å². The van der Waals surface area contributed by atoms with Crippen LogP contribution in [0, 0.1) is 0 Å². The van der Waals surface area contributed by atoms with Crippen molar-refractivity contribution in [2.45, 2.75) is 19.6 Å². The van der Waals surface area contributed by atoms with E-state index in [1.54, 1.807) is 29.3 Å². The summed E-state index contributed by atoms with van der Waals surface area (Å²) in [6.07, 6.45) is 1.72. The number of carbonyl (C=O) groups is 1. The lowest BCUT2D eigenvalue weighted by molar-refractivity contribution is -0.132. The van der Waals surface area contributed by atoms with Crippen LogP contribution in [0.4, 0.5) is 0 Å². The predicted octanol–water partition coefficient (Wildman–Crippen LogP) is 1.53. The number of fused-ring (bicyclic) bond motifs is 2. The quantitative estimate of drug-likeness (QED) is 0.719. The normalized spacial score (nSPS) is 13.5. The largest absolute Gasteiger partial charge is 0.420 e. The van der Waals surface area contributed by atoms with Crippen molar-refractivity contribution in [3.8, 4) is 0 Å². The Bertz CT molecular complexity index is 901. The molecule has 22 heavy (non-hydrogen) atoms. The first kappa shape index (κ1) is 12.8. The van der Waals surface area contributed by atoms with Crippen molar-refractivity contribution in [3.05, 3.63) is 64.4 Å². The van der Waals surface area contributed by atoms with E-state index in [2.05, 4.69) is 4.98 Å². The van der Waals surface area contributed by atoms with Crippen LogP contribution in [0.1, 0.15) is 11.3 Å². The van der Waals surface area contributed by atoms with Gasteiger partial charge >= 0.3 is 5.76 Å². The summed E-state index contributed by atoms with van der Waals surface area (Å²) in [6, 6.07) is 10.9. The molecular weight excluding hydrogens is 282 g/mol. The molecule has 3 aromatic rings. The van der Waals surface area contributed by atoms with Gasteiger partial charge in [-0.05, 0) is 23.8 Å². The minimum Gasteiger partial charge on any atom is -0.408 e. The molecule has 0 unspecified atom stereocenters. The Morgan fingerprint density at radius 2 is 2.05 bits per heavy atom. The maximum Gasteiger partial charge on any atom is 0.420 e. The summed E-state index contributed by atoms with van der Waals surface area (Å²) in [7, 11) is 0. The van der Waals surface area contributed by atoms with Gasteiger partial charge in [0.25, 0.3) is 0 Å². The second-order valence-corrected chi connectivity index (χ2v) is 5.28. The molecule has 1 amide bonds. The Balaban J connectivity index is 1.60. The minimum absolute atomic E-state index is 0.0240. The maximum absolute atomic E-state index is 12.5. The molecule has 2 aromatic heterocycles. The van der Waals surface area contributed by atoms with Crippen LogP contribution in [0.2, 0.25) is 0 Å². The smallest absolute Gasteiger partial charge is 0.408 e. The van der Waals surface area contributed by atoms with Crippen molar-refractivity contribution in [2.75, 3.05) is 0 Å². The van der Waals surface area contributed by atoms with Gasteiger partial charge in [0.15, 0.2) is 5.58 Å². The maximum atomic E-state index is 12.5. The zero-order valence-electron chi connectivity index (χ0n) is 11.7. The molecule has 0 spiro atoms. The molecule has 0 aliphatic carbocycles. The zero-order valence-corrected chi connectivity index (χ0v) is 11.7. The molecule has 0 radical (unpaired) electrons. The summed E-state index contributed by atoms with van der Waals surface area (Å²) < 4.78 is 6.52. The van der Waals surface area contributed by atoms with E-state index in [1.165, 1.54) is 4.57 Å². The number of hydrogen-bond acceptors (Lipinski definition) is 4. The lowest BCUT2D eigenvalue weighted by atomic mass is 10.2. The number of hydrogen-bond donors (Lipinski definition) is 0. The molecule has 1 aliphatic heterocycles. The minimum atomic E-state index is -0.510. The van der Waals surface area contributed by atoms with Crippen LogP contribution < -0.4 is 5.76 Å². The third kappa shape index (κ3) is 2.00. The van der Waals surface area contributed by atoms with E-state index in [-0.39, 0.29) is 12.5 Å². The molecular formula is C16H13N3O3. The third-order valence-corrected chi connectivity index (χ3v) is 3.91. The molecule has 4 rings (SSSR count). The summed E-state index contributed by atoms with van der Waals surface area (Å²) in [5.74, 6) is -0.629. The molecule has 6 nitrogen and oxygen atoms in total. The van der Waals surface area contributed by atoms with Gasteiger partial charge in [-0.3, -0.25) is 14.3 Å². The standard InChI is InChI=1S/C16H13N3O3/c20-15(18-8-11-4-3-7-17-12(11)9-18)10-19-13-5-1-2-6-14(13)22-16(19)21/h1-7H,8-10H2. The van der Waals surface area contributed by atoms with E-state index in [0.29, 0.717) is 24.2 Å². The summed E-state index contributed by atoms with van der Waals surface area (Å²) in [5, 5.41) is 0. The first-order valence-electron chi connectivity index (χ1n) is 7.01. The number of benzene rings is 1. The van der Waals surface area contributed by atoms with Crippen LogP contribution >= 0.6 is 0 Å². The molecule has 1 aromatic carbocycles. The van der Waals surface area contributed by atoms with Crippen molar-refractivity contribution in [1.82, 2.24) is 14.5 Å². The summed E-state index contributed by atoms with van der Waals surface area (Å²) in [4.78, 5) is 30.4. The topological polar surface area (TPSA) is 68.3 Å². The second-order valence-electron chi connectivity index (χ2n) is 5.28. The van der Waals surface area contributed by atoms with Crippen molar-refractivity contribution in [3.63, 3.8) is 0 Å². The first-order chi connectivity index (χ1) is 10.7. The van der Waals surface area contributed by atoms with E-state index >= 15 is 0 Å². The average Bonchev–Trinajstić information content (AvgIpc) is 3.09. The monoisotopic (exact) mass is 295 g/mol. The highest BCUT2D eigenvalue weighted by molar-refractivity contribution is 5.80. The van der Waals surface area contributed by atoms with Crippen LogP contribution in [0.25, 0.3) is 11.1 Å². The Hall–Kier alpha value is -2.89. The van der Waals surface area contributed by atoms with Crippen molar-refractivity contribution >= 4 is 17.0 Å². The van der Waals surface area contributed by atoms with Gasteiger partial charge in [-0.2, -0.15) is 0 Å². The van der Waals surface area contributed by atoms with Gasteiger partial charge < -0.3 is 9.32 Å². The van der Waals surface area contributed by atoms with E-state index in [4.69, 9.17) is 4.42 Å². The number of oxazole rings is 1. The zero-order chi connectivity index (χ0) is 15.1. The van der Waals surface area contributed by atoms with Gasteiger partial charge in [0.2, 0.25) is 5.91 Å². The van der Waals surface area contributed by atoms with Crippen LogP contribution in [0.5, 0.6) is 0 Å². The predicted molar refractivity (Wildman–Crippen MR) is 79.0 cm³/mol. The summed E-state index contributed by atoms with van der Waals surface area (Å²) in [5.41, 5.74) is 3.10. The Kier molecular flexibility index (Phi) is 2.82. The molecule has 0 atom stereocenters. The number of nitrogens with zero attached hydrogens (tertiary/aromatic N) is 3. The second kappa shape index (κ2) is 4.84. The Morgan fingerprint density at radius 1 is 1.18 bits per heavy atom. The Morgan fingerprint density at radius 3 is 2.91 bits per heavy atom. The van der Waals surface area contributed by atoms with Gasteiger partial charge in [0, 0.05) is 12.7 Å². The van der Waals surface area contributed by atoms with Gasteiger partial charge in [-0.25, -0.2) is 4.79 Å². The van der Waals surface area contributed by atoms with Crippen LogP contribution in [0.15, 0.2) is 51.8 Å². The van der Waals surface area contributed by atoms with Gasteiger partial charge in [0.1, 0.15) is 6.54 Å². The number of rotatable bonds is 2. The fourth-order valence-electron chi connectivity index (χ4n) is 2.78. The SMILES string of the molecule is O=C(Cn1c(=O)oc2ccccc21)N1Cc2cccnc2C1. The summed E-state index contributed by atoms with van der Waals surface area (Å²) in [6.45, 7) is 0.996. The molecule has 0 fully saturated rings. The Labute approximate surface area is 125 Å². The average molecular weight is 295 g/mol. The fraction of sp³-hybridized carbons (Fsp3) is 0.188. The molecule has 0 bridgehead atoms. The van der Waals surface area contributed by atoms with Crippen LogP contribution in [-0.2, 0) is 24.4 Å². The van der Waals surface area contributed by atoms with Gasteiger partial charge in [-0.1, -0.05) is 18.2 Å². The lowest BCUT2D eigenvalue weighted by Gasteiger charge is -2.15. The number of carbonyl (C=O) groups excluding carboxylic acids is 1. The summed E-state index contributed by atoms with van der Waals surface area (Å²) >= 11 is 0. The van der Waals surface area contributed by atoms with Crippen molar-refractivity contribution in [1.29, 1.82) is 0 Å². The molecule has 110 valence electrons. The van der Waals surface area contributed by atoms with Crippen LogP contribution in [0.3, 0.4) is 0 Å². The third-order valence-electron chi connectivity index (χ3n) is 3.91. The first-order valence-corrected chi connectivity index (χ1v) is 7.01. The molecule has 0 saturated carbocycles. The van der Waals surface area contributed by atoms with Gasteiger partial charge in [-0.15, -0.1) is 0 Å². The van der Waals surface area contributed by atoms with E-state index in [1.807, 2.05) is 18.2 Å². The van der Waals surface area contributed by atoms with Crippen molar-refractivity contribution < 1.29 is 9.21 Å². The molecule has 1 aliphatic rings. The lowest BCUT2D eigenvalue weighted by Crippen LogP contribution is -2.31. The number of pyridine rings is 1. The number of amides is 1.